The van der Waals surface area contributed by atoms with Gasteiger partial charge in [-0.05, 0) is 38.0 Å². The molecular formula is C26H29ClN10O7S2. The number of amides is 2. The molecule has 17 nitrogen and oxygen atoms in total. The van der Waals surface area contributed by atoms with E-state index < -0.39 is 47.0 Å². The molecule has 3 aromatic rings. The van der Waals surface area contributed by atoms with Crippen LogP contribution in [0.25, 0.3) is 11.2 Å². The number of nitrogens with two attached hydrogens (primary N) is 2. The maximum Gasteiger partial charge on any atom is 0.351 e. The number of β-lactam (4-membered cyclic amide) rings is 1. The minimum atomic E-state index is -1.55. The first-order chi connectivity index (χ1) is 21.8. The number of aromatic nitrogens is 4. The number of fused-ring (bicyclic) bond motifs is 2. The van der Waals surface area contributed by atoms with E-state index in [1.54, 1.807) is 16.8 Å². The fourth-order valence-electron chi connectivity index (χ4n) is 4.88. The van der Waals surface area contributed by atoms with Crippen LogP contribution in [-0.4, -0.2) is 90.4 Å². The van der Waals surface area contributed by atoms with E-state index >= 15 is 0 Å². The lowest BCUT2D eigenvalue weighted by Gasteiger charge is -2.50. The summed E-state index contributed by atoms with van der Waals surface area (Å²) >= 11 is 8.25. The molecule has 2 amide bonds. The average molecular weight is 693 g/mol. The summed E-state index contributed by atoms with van der Waals surface area (Å²) in [6.07, 6.45) is 0.315. The number of halogens is 1. The second kappa shape index (κ2) is 13.1. The summed E-state index contributed by atoms with van der Waals surface area (Å²) in [6.45, 7) is 3.83. The third-order valence-corrected chi connectivity index (χ3v) is 9.76. The molecule has 0 spiro atoms. The molecule has 5 heterocycles. The number of anilines is 2. The number of carbonyl (C=O) groups excluding carboxylic acids is 3. The zero-order chi connectivity index (χ0) is 33.4. The van der Waals surface area contributed by atoms with Crippen LogP contribution in [0.4, 0.5) is 11.1 Å². The van der Waals surface area contributed by atoms with Gasteiger partial charge in [0.25, 0.3) is 11.8 Å². The molecule has 5 rings (SSSR count). The van der Waals surface area contributed by atoms with Crippen molar-refractivity contribution >= 4 is 86.4 Å². The molecule has 0 aromatic carbocycles. The Morgan fingerprint density at radius 1 is 1.33 bits per heavy atom. The first kappa shape index (κ1) is 32.9. The van der Waals surface area contributed by atoms with Crippen molar-refractivity contribution in [2.45, 2.75) is 50.5 Å². The van der Waals surface area contributed by atoms with Crippen molar-refractivity contribution in [3.8, 4) is 0 Å². The fraction of sp³-hybridized carbons (Fsp3) is 0.385. The number of carbonyl (C=O) groups is 4. The molecule has 0 aliphatic carbocycles. The Kier molecular flexibility index (Phi) is 9.38. The SMILES string of the molecule is CN[C@@H](C)Cn1c(N)nc2c1ccc[n+]2CC1=C(C(=O)[O-])N2C(=O)C(NC(=O)/C(=N\O[C@@H](C)C(=O)O)c3nc(N)sc3Cl)C2SC1. The van der Waals surface area contributed by atoms with Gasteiger partial charge in [0.05, 0.1) is 17.9 Å². The Morgan fingerprint density at radius 2 is 2.07 bits per heavy atom. The minimum Gasteiger partial charge on any atom is -0.543 e. The third kappa shape index (κ3) is 6.17. The predicted octanol–water partition coefficient (Wildman–Crippen LogP) is -1.50. The molecule has 1 fully saturated rings. The van der Waals surface area contributed by atoms with Crippen molar-refractivity contribution in [3.63, 3.8) is 0 Å². The van der Waals surface area contributed by atoms with Crippen LogP contribution in [0.2, 0.25) is 4.34 Å². The van der Waals surface area contributed by atoms with Gasteiger partial charge in [-0.1, -0.05) is 28.1 Å². The third-order valence-electron chi connectivity index (χ3n) is 7.34. The molecule has 2 aliphatic heterocycles. The molecule has 244 valence electrons. The Labute approximate surface area is 274 Å². The van der Waals surface area contributed by atoms with Crippen LogP contribution in [0.15, 0.2) is 34.8 Å². The van der Waals surface area contributed by atoms with Gasteiger partial charge in [0.1, 0.15) is 33.5 Å². The van der Waals surface area contributed by atoms with Crippen LogP contribution in [0.5, 0.6) is 0 Å². The lowest BCUT2D eigenvalue weighted by Crippen LogP contribution is -2.71. The molecule has 0 radical (unpaired) electrons. The number of nitrogen functional groups attached to an aromatic ring is 2. The Morgan fingerprint density at radius 3 is 2.70 bits per heavy atom. The number of thiazole rings is 1. The number of pyridine rings is 1. The standard InChI is InChI=1S/C26H29ClN10O7S2/c1-10(30-3)7-36-13-5-4-6-35(19(13)33-25(36)28)8-12-9-45-22-16(21(39)37(22)17(12)24(42)43)31-20(38)15(34-44-11(2)23(40)41)14-18(27)46-26(29)32-14/h4-6,10-11,16,22,28,30H,7-9H2,1-3H3,(H5,29,31,32,38,40,41,42,43)/b34-15-/t10-,11-,16?,22?/m0/s1. The zero-order valence-corrected chi connectivity index (χ0v) is 27.0. The van der Waals surface area contributed by atoms with E-state index in [0.717, 1.165) is 21.8 Å². The number of nitrogens with zero attached hydrogens (tertiary/aromatic N) is 6. The van der Waals surface area contributed by atoms with Crippen LogP contribution in [0, 0.1) is 0 Å². The number of imidazole rings is 1. The van der Waals surface area contributed by atoms with Crippen LogP contribution in [0.1, 0.15) is 19.5 Å². The summed E-state index contributed by atoms with van der Waals surface area (Å²) in [6, 6.07) is 2.61. The quantitative estimate of drug-likeness (QED) is 0.0629. The monoisotopic (exact) mass is 692 g/mol. The van der Waals surface area contributed by atoms with E-state index in [2.05, 4.69) is 25.8 Å². The highest BCUT2D eigenvalue weighted by Crippen LogP contribution is 2.40. The van der Waals surface area contributed by atoms with E-state index in [0.29, 0.717) is 23.7 Å². The van der Waals surface area contributed by atoms with Gasteiger partial charge in [-0.2, -0.15) is 0 Å². The summed E-state index contributed by atoms with van der Waals surface area (Å²) in [7, 11) is 1.84. The number of aliphatic carboxylic acids is 2. The first-order valence-corrected chi connectivity index (χ1v) is 16.0. The molecule has 46 heavy (non-hydrogen) atoms. The van der Waals surface area contributed by atoms with Crippen molar-refractivity contribution in [1.82, 2.24) is 30.1 Å². The zero-order valence-electron chi connectivity index (χ0n) is 24.6. The van der Waals surface area contributed by atoms with Crippen LogP contribution in [-0.2, 0) is 37.1 Å². The van der Waals surface area contributed by atoms with Gasteiger partial charge >= 0.3 is 17.6 Å². The maximum atomic E-state index is 13.3. The van der Waals surface area contributed by atoms with E-state index in [1.807, 2.05) is 24.6 Å². The molecule has 20 heteroatoms. The number of oxime groups is 1. The summed E-state index contributed by atoms with van der Waals surface area (Å²) in [5.74, 6) is -4.08. The maximum absolute atomic E-state index is 13.3. The van der Waals surface area contributed by atoms with Gasteiger partial charge in [0.2, 0.25) is 6.10 Å². The van der Waals surface area contributed by atoms with Crippen LogP contribution in [0.3, 0.4) is 0 Å². The van der Waals surface area contributed by atoms with Gasteiger partial charge in [-0.3, -0.25) is 19.1 Å². The molecule has 1 saturated heterocycles. The molecule has 0 bridgehead atoms. The lowest BCUT2D eigenvalue weighted by atomic mass is 10.0. The highest BCUT2D eigenvalue weighted by atomic mass is 35.5. The Bertz CT molecular complexity index is 1810. The number of hydrogen-bond donors (Lipinski definition) is 5. The smallest absolute Gasteiger partial charge is 0.351 e. The molecule has 4 atom stereocenters. The number of rotatable bonds is 12. The normalized spacial score (nSPS) is 19.4. The van der Waals surface area contributed by atoms with Crippen molar-refractivity contribution in [1.29, 1.82) is 0 Å². The summed E-state index contributed by atoms with van der Waals surface area (Å²) in [5.41, 5.74) is 12.6. The number of thioether (sulfide) groups is 1. The Balaban J connectivity index is 1.39. The average Bonchev–Trinajstić information content (AvgIpc) is 3.52. The van der Waals surface area contributed by atoms with Gasteiger partial charge in [0.15, 0.2) is 10.8 Å². The second-order valence-corrected chi connectivity index (χ2v) is 13.2. The molecule has 3 aromatic heterocycles. The first-order valence-electron chi connectivity index (χ1n) is 13.7. The number of carboxylic acid groups (broad SMARTS) is 2. The van der Waals surface area contributed by atoms with E-state index in [-0.39, 0.29) is 39.2 Å². The largest absolute Gasteiger partial charge is 0.543 e. The van der Waals surface area contributed by atoms with Gasteiger partial charge in [-0.25, -0.2) is 14.3 Å². The van der Waals surface area contributed by atoms with E-state index in [4.69, 9.17) is 33.0 Å². The highest BCUT2D eigenvalue weighted by Gasteiger charge is 2.53. The predicted molar refractivity (Wildman–Crippen MR) is 166 cm³/mol. The molecule has 0 saturated carbocycles. The Hall–Kier alpha value is -4.46. The summed E-state index contributed by atoms with van der Waals surface area (Å²) in [4.78, 5) is 64.7. The number of likely N-dealkylation sites (N-methyl/N-ethyl adjacent to an activating group) is 1. The van der Waals surface area contributed by atoms with Crippen molar-refractivity contribution in [2.24, 2.45) is 5.16 Å². The van der Waals surface area contributed by atoms with Crippen molar-refractivity contribution in [3.05, 3.63) is 39.6 Å². The molecule has 2 unspecified atom stereocenters. The van der Waals surface area contributed by atoms with Crippen LogP contribution >= 0.6 is 34.7 Å². The summed E-state index contributed by atoms with van der Waals surface area (Å²) in [5, 5.41) is 30.1. The molecule has 7 N–H and O–H groups in total. The van der Waals surface area contributed by atoms with Crippen LogP contribution < -0.4 is 31.8 Å². The minimum absolute atomic E-state index is 0.00678. The van der Waals surface area contributed by atoms with Crippen molar-refractivity contribution < 1.29 is 38.8 Å². The topological polar surface area (TPSA) is 247 Å². The van der Waals surface area contributed by atoms with Gasteiger partial charge in [0, 0.05) is 23.9 Å². The number of hydrogen-bond acceptors (Lipinski definition) is 14. The lowest BCUT2D eigenvalue weighted by molar-refractivity contribution is -0.664. The summed E-state index contributed by atoms with van der Waals surface area (Å²) < 4.78 is 3.59. The number of carboxylic acids is 2. The molecule has 2 aliphatic rings. The van der Waals surface area contributed by atoms with Gasteiger partial charge < -0.3 is 41.9 Å². The fourth-order valence-corrected chi connectivity index (χ4v) is 7.14. The second-order valence-electron chi connectivity index (χ2n) is 10.4. The van der Waals surface area contributed by atoms with Crippen molar-refractivity contribution in [2.75, 3.05) is 24.3 Å². The van der Waals surface area contributed by atoms with Gasteiger partial charge in [-0.15, -0.1) is 11.8 Å². The van der Waals surface area contributed by atoms with E-state index in [9.17, 15) is 24.3 Å². The highest BCUT2D eigenvalue weighted by molar-refractivity contribution is 8.00. The molecular weight excluding hydrogens is 664 g/mol. The van der Waals surface area contributed by atoms with E-state index in [1.165, 1.54) is 18.7 Å². The number of nitrogens with one attached hydrogen (secondary N) is 2.